The van der Waals surface area contributed by atoms with Crippen molar-refractivity contribution in [2.75, 3.05) is 5.75 Å². The molecule has 0 saturated heterocycles. The first-order valence-corrected chi connectivity index (χ1v) is 7.98. The molecule has 2 N–H and O–H groups in total. The van der Waals surface area contributed by atoms with E-state index in [-0.39, 0.29) is 6.04 Å². The van der Waals surface area contributed by atoms with Crippen molar-refractivity contribution in [3.8, 4) is 6.07 Å². The van der Waals surface area contributed by atoms with Crippen molar-refractivity contribution in [2.24, 2.45) is 0 Å². The summed E-state index contributed by atoms with van der Waals surface area (Å²) in [6.07, 6.45) is 3.29. The Kier molecular flexibility index (Phi) is 3.95. The summed E-state index contributed by atoms with van der Waals surface area (Å²) >= 11 is 1.69. The Bertz CT molecular complexity index is 639. The van der Waals surface area contributed by atoms with E-state index in [0.29, 0.717) is 6.04 Å². The van der Waals surface area contributed by atoms with E-state index < -0.39 is 0 Å². The van der Waals surface area contributed by atoms with Gasteiger partial charge in [-0.3, -0.25) is 5.32 Å². The molecular formula is C15H18N4S. The normalized spacial score (nSPS) is 16.2. The Morgan fingerprint density at radius 1 is 1.55 bits per heavy atom. The van der Waals surface area contributed by atoms with Crippen molar-refractivity contribution >= 4 is 22.8 Å². The number of H-pyrrole nitrogens is 1. The van der Waals surface area contributed by atoms with E-state index in [9.17, 15) is 0 Å². The second-order valence-corrected chi connectivity index (χ2v) is 6.41. The van der Waals surface area contributed by atoms with E-state index in [1.807, 2.05) is 6.07 Å². The van der Waals surface area contributed by atoms with Crippen LogP contribution in [0.1, 0.15) is 24.8 Å². The van der Waals surface area contributed by atoms with Crippen LogP contribution in [-0.2, 0) is 0 Å². The molecule has 1 heterocycles. The third-order valence-electron chi connectivity index (χ3n) is 3.43. The number of hydrogen-bond acceptors (Lipinski definition) is 4. The first-order chi connectivity index (χ1) is 9.74. The molecule has 1 unspecified atom stereocenters. The second-order valence-electron chi connectivity index (χ2n) is 5.32. The lowest BCUT2D eigenvalue weighted by Crippen LogP contribution is -2.29. The summed E-state index contributed by atoms with van der Waals surface area (Å²) in [5.74, 6) is 0.900. The molecule has 0 aliphatic heterocycles. The Balaban J connectivity index is 1.55. The average molecular weight is 286 g/mol. The molecule has 5 heteroatoms. The number of rotatable bonds is 6. The predicted octanol–water partition coefficient (Wildman–Crippen LogP) is 3.00. The quantitative estimate of drug-likeness (QED) is 0.801. The standard InChI is InChI=1S/C15H18N4S/c1-10-2-5-13-14(8-10)19-15(18-13)20-7-6-12(9-16)17-11-3-4-11/h2,5,8,11-12,17H,3-4,6-7H2,1H3,(H,18,19). The molecule has 0 bridgehead atoms. The largest absolute Gasteiger partial charge is 0.333 e. The van der Waals surface area contributed by atoms with Gasteiger partial charge in [-0.1, -0.05) is 17.8 Å². The average Bonchev–Trinajstić information content (AvgIpc) is 3.16. The van der Waals surface area contributed by atoms with E-state index in [4.69, 9.17) is 5.26 Å². The molecule has 1 fully saturated rings. The van der Waals surface area contributed by atoms with Gasteiger partial charge in [-0.25, -0.2) is 4.98 Å². The summed E-state index contributed by atoms with van der Waals surface area (Å²) in [5, 5.41) is 13.4. The monoisotopic (exact) mass is 286 g/mol. The maximum atomic E-state index is 9.10. The summed E-state index contributed by atoms with van der Waals surface area (Å²) in [4.78, 5) is 7.88. The highest BCUT2D eigenvalue weighted by Gasteiger charge is 2.24. The molecule has 0 radical (unpaired) electrons. The van der Waals surface area contributed by atoms with Gasteiger partial charge in [0.2, 0.25) is 0 Å². The van der Waals surface area contributed by atoms with Crippen LogP contribution in [-0.4, -0.2) is 27.8 Å². The van der Waals surface area contributed by atoms with Crippen molar-refractivity contribution in [1.29, 1.82) is 5.26 Å². The minimum absolute atomic E-state index is 0.0263. The lowest BCUT2D eigenvalue weighted by atomic mass is 10.2. The second kappa shape index (κ2) is 5.86. The Morgan fingerprint density at radius 3 is 3.15 bits per heavy atom. The molecule has 2 aromatic rings. The third kappa shape index (κ3) is 3.33. The van der Waals surface area contributed by atoms with Crippen molar-refractivity contribution in [3.63, 3.8) is 0 Å². The van der Waals surface area contributed by atoms with Gasteiger partial charge < -0.3 is 4.98 Å². The number of hydrogen-bond donors (Lipinski definition) is 2. The molecule has 4 nitrogen and oxygen atoms in total. The minimum atomic E-state index is -0.0263. The van der Waals surface area contributed by atoms with Gasteiger partial charge in [-0.15, -0.1) is 0 Å². The summed E-state index contributed by atoms with van der Waals surface area (Å²) in [5.41, 5.74) is 3.32. The van der Waals surface area contributed by atoms with E-state index in [1.165, 1.54) is 18.4 Å². The minimum Gasteiger partial charge on any atom is -0.333 e. The summed E-state index contributed by atoms with van der Waals surface area (Å²) in [7, 11) is 0. The number of aromatic amines is 1. The van der Waals surface area contributed by atoms with Crippen LogP contribution in [0, 0.1) is 18.3 Å². The van der Waals surface area contributed by atoms with Gasteiger partial charge in [0, 0.05) is 11.8 Å². The number of nitriles is 1. The molecular weight excluding hydrogens is 268 g/mol. The van der Waals surface area contributed by atoms with Crippen molar-refractivity contribution < 1.29 is 0 Å². The van der Waals surface area contributed by atoms with Crippen LogP contribution in [0.25, 0.3) is 11.0 Å². The topological polar surface area (TPSA) is 64.5 Å². The van der Waals surface area contributed by atoms with Gasteiger partial charge in [0.05, 0.1) is 23.1 Å². The zero-order valence-corrected chi connectivity index (χ0v) is 12.3. The highest BCUT2D eigenvalue weighted by Crippen LogP contribution is 2.23. The number of aryl methyl sites for hydroxylation is 1. The van der Waals surface area contributed by atoms with Crippen LogP contribution >= 0.6 is 11.8 Å². The van der Waals surface area contributed by atoms with Crippen LogP contribution in [0.15, 0.2) is 23.4 Å². The fourth-order valence-corrected chi connectivity index (χ4v) is 3.05. The SMILES string of the molecule is Cc1ccc2nc(SCCC(C#N)NC3CC3)[nH]c2c1. The molecule has 0 spiro atoms. The van der Waals surface area contributed by atoms with E-state index >= 15 is 0 Å². The number of nitrogens with zero attached hydrogens (tertiary/aromatic N) is 2. The fourth-order valence-electron chi connectivity index (χ4n) is 2.16. The zero-order valence-electron chi connectivity index (χ0n) is 11.5. The van der Waals surface area contributed by atoms with E-state index in [1.54, 1.807) is 11.8 Å². The lowest BCUT2D eigenvalue weighted by molar-refractivity contribution is 0.587. The smallest absolute Gasteiger partial charge is 0.166 e. The fraction of sp³-hybridized carbons (Fsp3) is 0.467. The summed E-state index contributed by atoms with van der Waals surface area (Å²) in [6, 6.07) is 9.12. The highest BCUT2D eigenvalue weighted by molar-refractivity contribution is 7.99. The van der Waals surface area contributed by atoms with Gasteiger partial charge in [-0.2, -0.15) is 5.26 Å². The Hall–Kier alpha value is -1.51. The number of thioether (sulfide) groups is 1. The predicted molar refractivity (Wildman–Crippen MR) is 81.7 cm³/mol. The first-order valence-electron chi connectivity index (χ1n) is 6.99. The zero-order chi connectivity index (χ0) is 13.9. The van der Waals surface area contributed by atoms with Gasteiger partial charge in [0.15, 0.2) is 5.16 Å². The van der Waals surface area contributed by atoms with Crippen LogP contribution < -0.4 is 5.32 Å². The van der Waals surface area contributed by atoms with Gasteiger partial charge >= 0.3 is 0 Å². The van der Waals surface area contributed by atoms with Gasteiger partial charge in [0.1, 0.15) is 0 Å². The molecule has 1 atom stereocenters. The number of fused-ring (bicyclic) bond motifs is 1. The third-order valence-corrected chi connectivity index (χ3v) is 4.34. The van der Waals surface area contributed by atoms with Crippen LogP contribution in [0.3, 0.4) is 0 Å². The van der Waals surface area contributed by atoms with Crippen molar-refractivity contribution in [1.82, 2.24) is 15.3 Å². The van der Waals surface area contributed by atoms with Gasteiger partial charge in [-0.05, 0) is 43.9 Å². The van der Waals surface area contributed by atoms with Crippen molar-refractivity contribution in [3.05, 3.63) is 23.8 Å². The highest BCUT2D eigenvalue weighted by atomic mass is 32.2. The Labute approximate surface area is 123 Å². The number of benzene rings is 1. The molecule has 104 valence electrons. The number of aromatic nitrogens is 2. The van der Waals surface area contributed by atoms with Gasteiger partial charge in [0.25, 0.3) is 0 Å². The lowest BCUT2D eigenvalue weighted by Gasteiger charge is -2.09. The molecule has 1 saturated carbocycles. The molecule has 0 amide bonds. The van der Waals surface area contributed by atoms with Crippen LogP contribution in [0.4, 0.5) is 0 Å². The van der Waals surface area contributed by atoms with Crippen LogP contribution in [0.5, 0.6) is 0 Å². The molecule has 1 aliphatic rings. The number of imidazole rings is 1. The van der Waals surface area contributed by atoms with Crippen molar-refractivity contribution in [2.45, 2.75) is 43.4 Å². The molecule has 1 aromatic heterocycles. The first kappa shape index (κ1) is 13.5. The summed E-state index contributed by atoms with van der Waals surface area (Å²) in [6.45, 7) is 2.08. The maximum absolute atomic E-state index is 9.10. The van der Waals surface area contributed by atoms with Crippen LogP contribution in [0.2, 0.25) is 0 Å². The maximum Gasteiger partial charge on any atom is 0.166 e. The molecule has 1 aliphatic carbocycles. The van der Waals surface area contributed by atoms with E-state index in [0.717, 1.165) is 28.4 Å². The number of nitrogens with one attached hydrogen (secondary N) is 2. The van der Waals surface area contributed by atoms with E-state index in [2.05, 4.69) is 40.4 Å². The molecule has 3 rings (SSSR count). The summed E-state index contributed by atoms with van der Waals surface area (Å²) < 4.78 is 0. The molecule has 20 heavy (non-hydrogen) atoms. The molecule has 1 aromatic carbocycles. The Morgan fingerprint density at radius 2 is 2.40 bits per heavy atom.